The second-order valence-electron chi connectivity index (χ2n) is 5.09. The predicted molar refractivity (Wildman–Crippen MR) is 78.1 cm³/mol. The van der Waals surface area contributed by atoms with E-state index in [1.165, 1.54) is 0 Å². The number of amides is 1. The zero-order chi connectivity index (χ0) is 14.0. The van der Waals surface area contributed by atoms with E-state index in [1.807, 2.05) is 13.8 Å². The van der Waals surface area contributed by atoms with Gasteiger partial charge in [-0.3, -0.25) is 9.48 Å². The molecule has 6 heteroatoms. The van der Waals surface area contributed by atoms with Crippen LogP contribution in [0.1, 0.15) is 48.8 Å². The maximum Gasteiger partial charge on any atom is 0.270 e. The summed E-state index contributed by atoms with van der Waals surface area (Å²) in [5.41, 5.74) is 6.73. The SMILES string of the molecule is CCn1nc(C)cc1C(=O)NC1(C(N)=S)CCCC1. The van der Waals surface area contributed by atoms with Crippen LogP contribution in [0.25, 0.3) is 0 Å². The third-order valence-electron chi connectivity index (χ3n) is 3.72. The first kappa shape index (κ1) is 14.0. The van der Waals surface area contributed by atoms with Gasteiger partial charge in [-0.2, -0.15) is 5.10 Å². The summed E-state index contributed by atoms with van der Waals surface area (Å²) >= 11 is 5.14. The number of thiocarbonyl (C=S) groups is 1. The van der Waals surface area contributed by atoms with Crippen LogP contribution in [-0.2, 0) is 6.54 Å². The Kier molecular flexibility index (Phi) is 3.89. The quantitative estimate of drug-likeness (QED) is 0.821. The number of rotatable bonds is 4. The van der Waals surface area contributed by atoms with Crippen molar-refractivity contribution in [3.63, 3.8) is 0 Å². The highest BCUT2D eigenvalue weighted by atomic mass is 32.1. The van der Waals surface area contributed by atoms with E-state index in [2.05, 4.69) is 10.4 Å². The van der Waals surface area contributed by atoms with E-state index in [4.69, 9.17) is 18.0 Å². The molecule has 0 saturated heterocycles. The Labute approximate surface area is 118 Å². The second kappa shape index (κ2) is 5.28. The van der Waals surface area contributed by atoms with Gasteiger partial charge >= 0.3 is 0 Å². The smallest absolute Gasteiger partial charge is 0.270 e. The molecule has 1 aliphatic rings. The topological polar surface area (TPSA) is 72.9 Å². The van der Waals surface area contributed by atoms with Gasteiger partial charge in [0.25, 0.3) is 5.91 Å². The molecule has 0 aromatic carbocycles. The first-order valence-electron chi connectivity index (χ1n) is 6.65. The lowest BCUT2D eigenvalue weighted by Crippen LogP contribution is -2.55. The van der Waals surface area contributed by atoms with Gasteiger partial charge in [-0.1, -0.05) is 25.1 Å². The summed E-state index contributed by atoms with van der Waals surface area (Å²) < 4.78 is 1.70. The van der Waals surface area contributed by atoms with Crippen molar-refractivity contribution in [3.8, 4) is 0 Å². The number of carbonyl (C=O) groups excluding carboxylic acids is 1. The van der Waals surface area contributed by atoms with Crippen LogP contribution in [0, 0.1) is 6.92 Å². The van der Waals surface area contributed by atoms with Crippen molar-refractivity contribution < 1.29 is 4.79 Å². The summed E-state index contributed by atoms with van der Waals surface area (Å²) in [5, 5.41) is 7.31. The summed E-state index contributed by atoms with van der Waals surface area (Å²) in [6.45, 7) is 4.50. The Hall–Kier alpha value is -1.43. The van der Waals surface area contributed by atoms with Crippen molar-refractivity contribution in [2.45, 2.75) is 51.6 Å². The molecule has 1 aromatic heterocycles. The molecule has 0 radical (unpaired) electrons. The molecular formula is C13H20N4OS. The van der Waals surface area contributed by atoms with E-state index < -0.39 is 5.54 Å². The third-order valence-corrected chi connectivity index (χ3v) is 4.11. The number of nitrogens with one attached hydrogen (secondary N) is 1. The van der Waals surface area contributed by atoms with E-state index in [-0.39, 0.29) is 5.91 Å². The van der Waals surface area contributed by atoms with Crippen molar-refractivity contribution in [2.75, 3.05) is 0 Å². The minimum absolute atomic E-state index is 0.142. The first-order chi connectivity index (χ1) is 8.98. The van der Waals surface area contributed by atoms with Crippen molar-refractivity contribution in [1.82, 2.24) is 15.1 Å². The maximum absolute atomic E-state index is 12.4. The molecule has 3 N–H and O–H groups in total. The van der Waals surface area contributed by atoms with Crippen LogP contribution >= 0.6 is 12.2 Å². The fourth-order valence-corrected chi connectivity index (χ4v) is 2.92. The monoisotopic (exact) mass is 280 g/mol. The number of hydrogen-bond acceptors (Lipinski definition) is 3. The summed E-state index contributed by atoms with van der Waals surface area (Å²) in [5.74, 6) is -0.142. The van der Waals surface area contributed by atoms with Crippen molar-refractivity contribution in [2.24, 2.45) is 5.73 Å². The van der Waals surface area contributed by atoms with Crippen molar-refractivity contribution in [1.29, 1.82) is 0 Å². The van der Waals surface area contributed by atoms with E-state index in [1.54, 1.807) is 10.7 Å². The normalized spacial score (nSPS) is 17.4. The number of aromatic nitrogens is 2. The van der Waals surface area contributed by atoms with Crippen molar-refractivity contribution in [3.05, 3.63) is 17.5 Å². The van der Waals surface area contributed by atoms with Gasteiger partial charge < -0.3 is 11.1 Å². The van der Waals surface area contributed by atoms with Gasteiger partial charge in [0, 0.05) is 6.54 Å². The Bertz CT molecular complexity index is 503. The number of aryl methyl sites for hydroxylation is 2. The number of nitrogens with zero attached hydrogens (tertiary/aromatic N) is 2. The van der Waals surface area contributed by atoms with E-state index in [0.717, 1.165) is 31.4 Å². The highest BCUT2D eigenvalue weighted by Crippen LogP contribution is 2.30. The molecule has 1 heterocycles. The second-order valence-corrected chi connectivity index (χ2v) is 5.53. The van der Waals surface area contributed by atoms with E-state index in [9.17, 15) is 4.79 Å². The van der Waals surface area contributed by atoms with Crippen LogP contribution < -0.4 is 11.1 Å². The number of hydrogen-bond donors (Lipinski definition) is 2. The lowest BCUT2D eigenvalue weighted by Gasteiger charge is -2.29. The van der Waals surface area contributed by atoms with Crippen LogP contribution in [0.3, 0.4) is 0 Å². The first-order valence-corrected chi connectivity index (χ1v) is 7.06. The molecule has 104 valence electrons. The molecule has 0 bridgehead atoms. The summed E-state index contributed by atoms with van der Waals surface area (Å²) in [6.07, 6.45) is 3.74. The Morgan fingerprint density at radius 2 is 2.21 bits per heavy atom. The molecule has 1 saturated carbocycles. The fraction of sp³-hybridized carbons (Fsp3) is 0.615. The standard InChI is InChI=1S/C13H20N4OS/c1-3-17-10(8-9(2)16-17)11(18)15-13(12(14)19)6-4-5-7-13/h8H,3-7H2,1-2H3,(H2,14,19)(H,15,18). The molecule has 2 rings (SSSR count). The molecule has 1 fully saturated rings. The molecule has 0 atom stereocenters. The van der Waals surface area contributed by atoms with Gasteiger partial charge in [0.2, 0.25) is 0 Å². The minimum atomic E-state index is -0.511. The molecule has 0 spiro atoms. The van der Waals surface area contributed by atoms with Gasteiger partial charge in [0.15, 0.2) is 0 Å². The molecule has 1 aromatic rings. The van der Waals surface area contributed by atoms with Gasteiger partial charge in [0.1, 0.15) is 5.69 Å². The fourth-order valence-electron chi connectivity index (χ4n) is 2.66. The molecule has 1 amide bonds. The zero-order valence-electron chi connectivity index (χ0n) is 11.4. The Morgan fingerprint density at radius 1 is 1.58 bits per heavy atom. The zero-order valence-corrected chi connectivity index (χ0v) is 12.2. The largest absolute Gasteiger partial charge is 0.391 e. The van der Waals surface area contributed by atoms with Crippen LogP contribution in [-0.4, -0.2) is 26.2 Å². The Balaban J connectivity index is 2.22. The average Bonchev–Trinajstić information content (AvgIpc) is 2.96. The highest BCUT2D eigenvalue weighted by Gasteiger charge is 2.38. The van der Waals surface area contributed by atoms with Crippen LogP contribution in [0.4, 0.5) is 0 Å². The summed E-state index contributed by atoms with van der Waals surface area (Å²) in [4.78, 5) is 12.8. The molecule has 1 aliphatic carbocycles. The molecule has 0 unspecified atom stereocenters. The lowest BCUT2D eigenvalue weighted by molar-refractivity contribution is 0.0913. The molecule has 5 nitrogen and oxygen atoms in total. The number of carbonyl (C=O) groups is 1. The van der Waals surface area contributed by atoms with Crippen LogP contribution in [0.15, 0.2) is 6.07 Å². The van der Waals surface area contributed by atoms with E-state index >= 15 is 0 Å². The lowest BCUT2D eigenvalue weighted by atomic mass is 9.97. The van der Waals surface area contributed by atoms with Gasteiger partial charge in [0.05, 0.1) is 16.2 Å². The third kappa shape index (κ3) is 2.63. The summed E-state index contributed by atoms with van der Waals surface area (Å²) in [7, 11) is 0. The average molecular weight is 280 g/mol. The Morgan fingerprint density at radius 3 is 2.74 bits per heavy atom. The van der Waals surface area contributed by atoms with Crippen LogP contribution in [0.2, 0.25) is 0 Å². The van der Waals surface area contributed by atoms with Crippen LogP contribution in [0.5, 0.6) is 0 Å². The van der Waals surface area contributed by atoms with Gasteiger partial charge in [-0.15, -0.1) is 0 Å². The predicted octanol–water partition coefficient (Wildman–Crippen LogP) is 1.54. The maximum atomic E-state index is 12.4. The molecule has 0 aliphatic heterocycles. The van der Waals surface area contributed by atoms with E-state index in [0.29, 0.717) is 17.2 Å². The molecular weight excluding hydrogens is 260 g/mol. The highest BCUT2D eigenvalue weighted by molar-refractivity contribution is 7.80. The van der Waals surface area contributed by atoms with Crippen molar-refractivity contribution >= 4 is 23.1 Å². The minimum Gasteiger partial charge on any atom is -0.391 e. The molecule has 19 heavy (non-hydrogen) atoms. The summed E-state index contributed by atoms with van der Waals surface area (Å²) in [6, 6.07) is 1.79. The number of nitrogens with two attached hydrogens (primary N) is 1. The van der Waals surface area contributed by atoms with Gasteiger partial charge in [-0.25, -0.2) is 0 Å². The van der Waals surface area contributed by atoms with Gasteiger partial charge in [-0.05, 0) is 32.8 Å².